The summed E-state index contributed by atoms with van der Waals surface area (Å²) in [5.74, 6) is 0.330. The zero-order valence-corrected chi connectivity index (χ0v) is 15.1. The second-order valence-corrected chi connectivity index (χ2v) is 5.48. The van der Waals surface area contributed by atoms with Crippen molar-refractivity contribution >= 4 is 11.9 Å². The van der Waals surface area contributed by atoms with Crippen LogP contribution in [0.5, 0.6) is 11.5 Å². The molecule has 0 saturated heterocycles. The molecule has 8 nitrogen and oxygen atoms in total. The highest BCUT2D eigenvalue weighted by Crippen LogP contribution is 2.23. The van der Waals surface area contributed by atoms with Gasteiger partial charge < -0.3 is 23.5 Å². The molecule has 1 aromatic heterocycles. The standard InChI is InChI=1S/C19H20N2O6/c1-24-16-9-14(10-17(11-16)25-2)19(23)27-13-18(22)21(7-4-6-20)12-15-5-3-8-26-15/h3,5,8-11H,4,7,12-13H2,1-2H3. The molecule has 0 aliphatic heterocycles. The van der Waals surface area contributed by atoms with Crippen LogP contribution in [-0.4, -0.2) is 44.1 Å². The number of rotatable bonds is 9. The molecule has 0 atom stereocenters. The zero-order valence-electron chi connectivity index (χ0n) is 15.1. The van der Waals surface area contributed by atoms with Crippen molar-refractivity contribution in [2.24, 2.45) is 0 Å². The lowest BCUT2D eigenvalue weighted by Gasteiger charge is -2.20. The number of benzene rings is 1. The third-order valence-corrected chi connectivity index (χ3v) is 3.69. The SMILES string of the molecule is COc1cc(OC)cc(C(=O)OCC(=O)N(CCC#N)Cc2ccco2)c1. The van der Waals surface area contributed by atoms with Crippen LogP contribution in [0.1, 0.15) is 22.5 Å². The van der Waals surface area contributed by atoms with Crippen LogP contribution in [0.4, 0.5) is 0 Å². The highest BCUT2D eigenvalue weighted by Gasteiger charge is 2.18. The average Bonchev–Trinajstić information content (AvgIpc) is 3.21. The van der Waals surface area contributed by atoms with E-state index in [2.05, 4.69) is 0 Å². The number of amides is 1. The lowest BCUT2D eigenvalue weighted by molar-refractivity contribution is -0.135. The Balaban J connectivity index is 2.01. The second kappa shape index (κ2) is 9.87. The van der Waals surface area contributed by atoms with E-state index in [0.29, 0.717) is 17.3 Å². The molecule has 1 heterocycles. The fraction of sp³-hybridized carbons (Fsp3) is 0.316. The number of carbonyl (C=O) groups is 2. The monoisotopic (exact) mass is 372 g/mol. The summed E-state index contributed by atoms with van der Waals surface area (Å²) in [4.78, 5) is 26.1. The topological polar surface area (TPSA) is 102 Å². The van der Waals surface area contributed by atoms with Gasteiger partial charge in [-0.2, -0.15) is 5.26 Å². The Hall–Kier alpha value is -3.47. The van der Waals surface area contributed by atoms with Gasteiger partial charge in [-0.25, -0.2) is 4.79 Å². The Kier molecular flexibility index (Phi) is 7.26. The first-order chi connectivity index (χ1) is 13.1. The van der Waals surface area contributed by atoms with E-state index in [1.807, 2.05) is 6.07 Å². The molecule has 0 aliphatic carbocycles. The summed E-state index contributed by atoms with van der Waals surface area (Å²) in [6.45, 7) is -0.0525. The number of furan rings is 1. The van der Waals surface area contributed by atoms with Crippen molar-refractivity contribution in [3.8, 4) is 17.6 Å². The molecule has 0 spiro atoms. The van der Waals surface area contributed by atoms with Gasteiger partial charge in [0.2, 0.25) is 0 Å². The average molecular weight is 372 g/mol. The fourth-order valence-corrected chi connectivity index (χ4v) is 2.29. The summed E-state index contributed by atoms with van der Waals surface area (Å²) in [6.07, 6.45) is 1.66. The van der Waals surface area contributed by atoms with E-state index in [1.54, 1.807) is 18.2 Å². The van der Waals surface area contributed by atoms with Crippen LogP contribution in [0.2, 0.25) is 0 Å². The lowest BCUT2D eigenvalue weighted by Crippen LogP contribution is -2.35. The molecule has 0 radical (unpaired) electrons. The van der Waals surface area contributed by atoms with Crippen LogP contribution in [-0.2, 0) is 16.1 Å². The zero-order chi connectivity index (χ0) is 19.6. The summed E-state index contributed by atoms with van der Waals surface area (Å²) in [5.41, 5.74) is 0.202. The van der Waals surface area contributed by atoms with Crippen molar-refractivity contribution in [3.05, 3.63) is 47.9 Å². The normalized spacial score (nSPS) is 9.96. The summed E-state index contributed by atoms with van der Waals surface area (Å²) in [6, 6.07) is 10.0. The highest BCUT2D eigenvalue weighted by atomic mass is 16.5. The summed E-state index contributed by atoms with van der Waals surface area (Å²) < 4.78 is 20.6. The summed E-state index contributed by atoms with van der Waals surface area (Å²) in [7, 11) is 2.93. The number of hydrogen-bond acceptors (Lipinski definition) is 7. The minimum atomic E-state index is -0.682. The predicted molar refractivity (Wildman–Crippen MR) is 94.2 cm³/mol. The van der Waals surface area contributed by atoms with Gasteiger partial charge in [-0.15, -0.1) is 0 Å². The number of esters is 1. The first kappa shape index (κ1) is 19.8. The maximum atomic E-state index is 12.4. The molecule has 142 valence electrons. The fourth-order valence-electron chi connectivity index (χ4n) is 2.29. The number of methoxy groups -OCH3 is 2. The molecule has 1 aromatic carbocycles. The Morgan fingerprint density at radius 3 is 2.44 bits per heavy atom. The molecule has 0 aliphatic rings. The summed E-state index contributed by atoms with van der Waals surface area (Å²) >= 11 is 0. The van der Waals surface area contributed by atoms with Crippen LogP contribution in [0.3, 0.4) is 0 Å². The van der Waals surface area contributed by atoms with Crippen molar-refractivity contribution in [3.63, 3.8) is 0 Å². The van der Waals surface area contributed by atoms with Gasteiger partial charge in [0.15, 0.2) is 6.61 Å². The molecule has 1 amide bonds. The minimum Gasteiger partial charge on any atom is -0.497 e. The van der Waals surface area contributed by atoms with E-state index in [9.17, 15) is 9.59 Å². The van der Waals surface area contributed by atoms with E-state index in [0.717, 1.165) is 0 Å². The maximum absolute atomic E-state index is 12.4. The number of nitriles is 1. The van der Waals surface area contributed by atoms with Crippen LogP contribution >= 0.6 is 0 Å². The molecule has 0 fully saturated rings. The van der Waals surface area contributed by atoms with Gasteiger partial charge >= 0.3 is 5.97 Å². The van der Waals surface area contributed by atoms with Gasteiger partial charge in [-0.1, -0.05) is 0 Å². The molecular formula is C19H20N2O6. The molecular weight excluding hydrogens is 352 g/mol. The molecule has 2 aromatic rings. The third kappa shape index (κ3) is 5.78. The molecule has 0 saturated carbocycles. The van der Waals surface area contributed by atoms with Gasteiger partial charge in [0.25, 0.3) is 5.91 Å². The van der Waals surface area contributed by atoms with E-state index in [-0.39, 0.29) is 25.1 Å². The highest BCUT2D eigenvalue weighted by molar-refractivity contribution is 5.92. The van der Waals surface area contributed by atoms with Crippen molar-refractivity contribution in [1.82, 2.24) is 4.90 Å². The molecule has 2 rings (SSSR count). The van der Waals surface area contributed by atoms with Gasteiger partial charge in [-0.3, -0.25) is 4.79 Å². The van der Waals surface area contributed by atoms with Crippen molar-refractivity contribution in [1.29, 1.82) is 5.26 Å². The minimum absolute atomic E-state index is 0.160. The van der Waals surface area contributed by atoms with E-state index >= 15 is 0 Å². The maximum Gasteiger partial charge on any atom is 0.338 e. The van der Waals surface area contributed by atoms with Crippen LogP contribution < -0.4 is 9.47 Å². The van der Waals surface area contributed by atoms with Crippen molar-refractivity contribution in [2.75, 3.05) is 27.4 Å². The van der Waals surface area contributed by atoms with E-state index in [4.69, 9.17) is 23.9 Å². The first-order valence-electron chi connectivity index (χ1n) is 8.14. The van der Waals surface area contributed by atoms with E-state index < -0.39 is 18.5 Å². The van der Waals surface area contributed by atoms with Gasteiger partial charge in [0, 0.05) is 12.6 Å². The number of hydrogen-bond donors (Lipinski definition) is 0. The summed E-state index contributed by atoms with van der Waals surface area (Å²) in [5, 5.41) is 8.77. The Morgan fingerprint density at radius 2 is 1.89 bits per heavy atom. The molecule has 8 heteroatoms. The second-order valence-electron chi connectivity index (χ2n) is 5.48. The number of carbonyl (C=O) groups excluding carboxylic acids is 2. The molecule has 27 heavy (non-hydrogen) atoms. The molecule has 0 N–H and O–H groups in total. The number of nitrogens with zero attached hydrogens (tertiary/aromatic N) is 2. The lowest BCUT2D eigenvalue weighted by atomic mass is 10.2. The van der Waals surface area contributed by atoms with Gasteiger partial charge in [0.1, 0.15) is 17.3 Å². The Labute approximate surface area is 156 Å². The third-order valence-electron chi connectivity index (χ3n) is 3.69. The molecule has 0 bridgehead atoms. The molecule has 0 unspecified atom stereocenters. The number of ether oxygens (including phenoxy) is 3. The quantitative estimate of drug-likeness (QED) is 0.623. The largest absolute Gasteiger partial charge is 0.497 e. The van der Waals surface area contributed by atoms with Crippen LogP contribution in [0.15, 0.2) is 41.0 Å². The van der Waals surface area contributed by atoms with Crippen LogP contribution in [0.25, 0.3) is 0 Å². The van der Waals surface area contributed by atoms with Gasteiger partial charge in [-0.05, 0) is 24.3 Å². The van der Waals surface area contributed by atoms with E-state index in [1.165, 1.54) is 37.5 Å². The Morgan fingerprint density at radius 1 is 1.19 bits per heavy atom. The van der Waals surface area contributed by atoms with Crippen LogP contribution in [0, 0.1) is 11.3 Å². The van der Waals surface area contributed by atoms with Crippen molar-refractivity contribution < 1.29 is 28.2 Å². The predicted octanol–water partition coefficient (Wildman–Crippen LogP) is 2.40. The van der Waals surface area contributed by atoms with Crippen molar-refractivity contribution in [2.45, 2.75) is 13.0 Å². The Bertz CT molecular complexity index is 788. The first-order valence-corrected chi connectivity index (χ1v) is 8.14. The van der Waals surface area contributed by atoms with Gasteiger partial charge in [0.05, 0.1) is 45.1 Å². The smallest absolute Gasteiger partial charge is 0.338 e.